The van der Waals surface area contributed by atoms with Crippen LogP contribution in [0.25, 0.3) is 10.9 Å². The Hall–Kier alpha value is -1.94. The zero-order valence-electron chi connectivity index (χ0n) is 13.7. The zero-order chi connectivity index (χ0) is 16.3. The molecule has 0 bridgehead atoms. The van der Waals surface area contributed by atoms with Gasteiger partial charge >= 0.3 is 0 Å². The van der Waals surface area contributed by atoms with Gasteiger partial charge in [0.2, 0.25) is 5.91 Å². The minimum Gasteiger partial charge on any atom is -0.396 e. The molecule has 2 atom stereocenters. The van der Waals surface area contributed by atoms with Gasteiger partial charge in [-0.15, -0.1) is 0 Å². The van der Waals surface area contributed by atoms with Crippen molar-refractivity contribution in [2.45, 2.75) is 40.2 Å². The van der Waals surface area contributed by atoms with Gasteiger partial charge in [-0.3, -0.25) is 9.78 Å². The molecule has 2 N–H and O–H groups in total. The maximum absolute atomic E-state index is 12.3. The number of aliphatic hydroxyl groups excluding tert-OH is 1. The van der Waals surface area contributed by atoms with E-state index in [2.05, 4.69) is 10.3 Å². The standard InChI is InChI=1S/C18H24N2O2/c1-11(10-21)13(3)20-18(22)9-16-12(2)15-7-5-6-8-17(15)19-14(16)4/h5-8,11,13,21H,9-10H2,1-4H3,(H,20,22). The van der Waals surface area contributed by atoms with Gasteiger partial charge in [0.05, 0.1) is 11.9 Å². The molecule has 0 radical (unpaired) electrons. The molecule has 1 heterocycles. The Morgan fingerprint density at radius 3 is 2.64 bits per heavy atom. The van der Waals surface area contributed by atoms with Crippen molar-refractivity contribution >= 4 is 16.8 Å². The zero-order valence-corrected chi connectivity index (χ0v) is 13.7. The van der Waals surface area contributed by atoms with Crippen molar-refractivity contribution in [3.05, 3.63) is 41.1 Å². The average molecular weight is 300 g/mol. The minimum atomic E-state index is -0.0495. The Morgan fingerprint density at radius 2 is 1.95 bits per heavy atom. The first-order valence-corrected chi connectivity index (χ1v) is 7.69. The first-order valence-electron chi connectivity index (χ1n) is 7.69. The number of aromatic nitrogens is 1. The Morgan fingerprint density at radius 1 is 1.27 bits per heavy atom. The number of pyridine rings is 1. The maximum atomic E-state index is 12.3. The van der Waals surface area contributed by atoms with Gasteiger partial charge < -0.3 is 10.4 Å². The minimum absolute atomic E-state index is 0.0314. The van der Waals surface area contributed by atoms with Crippen molar-refractivity contribution in [3.63, 3.8) is 0 Å². The predicted molar refractivity (Wildman–Crippen MR) is 88.8 cm³/mol. The molecule has 0 saturated carbocycles. The smallest absolute Gasteiger partial charge is 0.224 e. The monoisotopic (exact) mass is 300 g/mol. The van der Waals surface area contributed by atoms with Crippen LogP contribution < -0.4 is 5.32 Å². The summed E-state index contributed by atoms with van der Waals surface area (Å²) < 4.78 is 0. The molecule has 22 heavy (non-hydrogen) atoms. The lowest BCUT2D eigenvalue weighted by Crippen LogP contribution is -2.39. The fraction of sp³-hybridized carbons (Fsp3) is 0.444. The largest absolute Gasteiger partial charge is 0.396 e. The van der Waals surface area contributed by atoms with Crippen LogP contribution in [0.5, 0.6) is 0 Å². The number of rotatable bonds is 5. The summed E-state index contributed by atoms with van der Waals surface area (Å²) in [6.45, 7) is 7.88. The summed E-state index contributed by atoms with van der Waals surface area (Å²) in [5.74, 6) is 0.0111. The topological polar surface area (TPSA) is 62.2 Å². The van der Waals surface area contributed by atoms with Gasteiger partial charge in [-0.25, -0.2) is 0 Å². The summed E-state index contributed by atoms with van der Waals surface area (Å²) in [4.78, 5) is 16.9. The van der Waals surface area contributed by atoms with Gasteiger partial charge in [0.1, 0.15) is 0 Å². The number of hydrogen-bond donors (Lipinski definition) is 2. The number of nitrogens with zero attached hydrogens (tertiary/aromatic N) is 1. The third-order valence-electron chi connectivity index (χ3n) is 4.35. The Balaban J connectivity index is 2.23. The maximum Gasteiger partial charge on any atom is 0.224 e. The molecule has 0 spiro atoms. The number of aryl methyl sites for hydroxylation is 2. The summed E-state index contributed by atoms with van der Waals surface area (Å²) in [6, 6.07) is 7.94. The van der Waals surface area contributed by atoms with Crippen molar-refractivity contribution in [2.24, 2.45) is 5.92 Å². The average Bonchev–Trinajstić information content (AvgIpc) is 2.50. The fourth-order valence-corrected chi connectivity index (χ4v) is 2.60. The lowest BCUT2D eigenvalue weighted by Gasteiger charge is -2.20. The van der Waals surface area contributed by atoms with Crippen LogP contribution in [-0.2, 0) is 11.2 Å². The molecular weight excluding hydrogens is 276 g/mol. The van der Waals surface area contributed by atoms with Crippen LogP contribution in [0.2, 0.25) is 0 Å². The first-order chi connectivity index (χ1) is 10.4. The summed E-state index contributed by atoms with van der Waals surface area (Å²) in [5.41, 5.74) is 3.96. The quantitative estimate of drug-likeness (QED) is 0.892. The SMILES string of the molecule is Cc1nc2ccccc2c(C)c1CC(=O)NC(C)C(C)CO. The Kier molecular flexibility index (Phi) is 5.14. The molecule has 4 nitrogen and oxygen atoms in total. The van der Waals surface area contributed by atoms with Crippen molar-refractivity contribution < 1.29 is 9.90 Å². The van der Waals surface area contributed by atoms with Crippen molar-refractivity contribution in [2.75, 3.05) is 6.61 Å². The van der Waals surface area contributed by atoms with E-state index in [1.807, 2.05) is 52.0 Å². The van der Waals surface area contributed by atoms with Gasteiger partial charge in [0.15, 0.2) is 0 Å². The van der Waals surface area contributed by atoms with E-state index in [-0.39, 0.29) is 24.5 Å². The van der Waals surface area contributed by atoms with Crippen LogP contribution in [0.15, 0.2) is 24.3 Å². The number of aliphatic hydroxyl groups is 1. The second kappa shape index (κ2) is 6.88. The normalized spacial score (nSPS) is 13.9. The highest BCUT2D eigenvalue weighted by Gasteiger charge is 2.17. The molecule has 0 aliphatic heterocycles. The molecule has 2 unspecified atom stereocenters. The van der Waals surface area contributed by atoms with Crippen LogP contribution in [0.3, 0.4) is 0 Å². The Bertz CT molecular complexity index is 682. The number of carbonyl (C=O) groups is 1. The van der Waals surface area contributed by atoms with E-state index < -0.39 is 0 Å². The third kappa shape index (κ3) is 3.45. The van der Waals surface area contributed by atoms with Crippen LogP contribution >= 0.6 is 0 Å². The number of nitrogens with one attached hydrogen (secondary N) is 1. The number of amides is 1. The van der Waals surface area contributed by atoms with E-state index in [0.717, 1.165) is 27.7 Å². The summed E-state index contributed by atoms with van der Waals surface area (Å²) in [5, 5.41) is 13.2. The molecule has 118 valence electrons. The molecule has 2 aromatic rings. The van der Waals surface area contributed by atoms with Gasteiger partial charge in [0.25, 0.3) is 0 Å². The van der Waals surface area contributed by atoms with Gasteiger partial charge in [-0.1, -0.05) is 25.1 Å². The molecule has 1 aromatic heterocycles. The number of carbonyl (C=O) groups excluding carboxylic acids is 1. The molecule has 2 rings (SSSR count). The van der Waals surface area contributed by atoms with E-state index in [1.54, 1.807) is 0 Å². The van der Waals surface area contributed by atoms with Gasteiger partial charge in [-0.05, 0) is 43.9 Å². The molecule has 1 amide bonds. The number of hydrogen-bond acceptors (Lipinski definition) is 3. The highest BCUT2D eigenvalue weighted by molar-refractivity contribution is 5.86. The van der Waals surface area contributed by atoms with Crippen molar-refractivity contribution in [1.29, 1.82) is 0 Å². The number of fused-ring (bicyclic) bond motifs is 1. The van der Waals surface area contributed by atoms with Crippen LogP contribution in [0.4, 0.5) is 0 Å². The lowest BCUT2D eigenvalue weighted by atomic mass is 9.98. The molecule has 1 aromatic carbocycles. The number of benzene rings is 1. The van der Waals surface area contributed by atoms with E-state index in [9.17, 15) is 4.79 Å². The van der Waals surface area contributed by atoms with Crippen LogP contribution in [0, 0.1) is 19.8 Å². The molecule has 0 saturated heterocycles. The summed E-state index contributed by atoms with van der Waals surface area (Å²) in [6.07, 6.45) is 0.317. The van der Waals surface area contributed by atoms with Crippen LogP contribution in [-0.4, -0.2) is 28.6 Å². The van der Waals surface area contributed by atoms with E-state index in [4.69, 9.17) is 5.11 Å². The first kappa shape index (κ1) is 16.4. The molecular formula is C18H24N2O2. The highest BCUT2D eigenvalue weighted by atomic mass is 16.3. The number of para-hydroxylation sites is 1. The molecule has 4 heteroatoms. The molecule has 0 aliphatic carbocycles. The van der Waals surface area contributed by atoms with Crippen LogP contribution in [0.1, 0.15) is 30.7 Å². The van der Waals surface area contributed by atoms with Crippen molar-refractivity contribution in [3.8, 4) is 0 Å². The lowest BCUT2D eigenvalue weighted by molar-refractivity contribution is -0.121. The van der Waals surface area contributed by atoms with E-state index >= 15 is 0 Å². The molecule has 0 aliphatic rings. The van der Waals surface area contributed by atoms with Gasteiger partial charge in [0, 0.05) is 23.7 Å². The fourth-order valence-electron chi connectivity index (χ4n) is 2.60. The molecule has 0 fully saturated rings. The Labute approximate surface area is 131 Å². The van der Waals surface area contributed by atoms with Gasteiger partial charge in [-0.2, -0.15) is 0 Å². The second-order valence-electron chi connectivity index (χ2n) is 6.01. The predicted octanol–water partition coefficient (Wildman–Crippen LogP) is 2.53. The second-order valence-corrected chi connectivity index (χ2v) is 6.01. The van der Waals surface area contributed by atoms with E-state index in [1.165, 1.54) is 0 Å². The van der Waals surface area contributed by atoms with Crippen molar-refractivity contribution in [1.82, 2.24) is 10.3 Å². The summed E-state index contributed by atoms with van der Waals surface area (Å²) >= 11 is 0. The highest BCUT2D eigenvalue weighted by Crippen LogP contribution is 2.22. The van der Waals surface area contributed by atoms with E-state index in [0.29, 0.717) is 6.42 Å². The summed E-state index contributed by atoms with van der Waals surface area (Å²) in [7, 11) is 0. The third-order valence-corrected chi connectivity index (χ3v) is 4.35.